The van der Waals surface area contributed by atoms with E-state index in [1.807, 2.05) is 30.3 Å². The molecule has 0 aliphatic carbocycles. The number of carbonyl (C=O) groups excluding carboxylic acids is 1. The van der Waals surface area contributed by atoms with Gasteiger partial charge < -0.3 is 4.90 Å². The predicted octanol–water partition coefficient (Wildman–Crippen LogP) is 4.62. The normalized spacial score (nSPS) is 11.0. The highest BCUT2D eigenvalue weighted by atomic mass is 32.1. The lowest BCUT2D eigenvalue weighted by Crippen LogP contribution is -2.24. The Morgan fingerprint density at radius 1 is 1.20 bits per heavy atom. The van der Waals surface area contributed by atoms with E-state index in [0.717, 1.165) is 15.3 Å². The van der Waals surface area contributed by atoms with Crippen molar-refractivity contribution in [2.75, 3.05) is 7.05 Å². The van der Waals surface area contributed by atoms with Crippen molar-refractivity contribution in [2.24, 2.45) is 0 Å². The average Bonchev–Trinajstić information content (AvgIpc) is 3.09. The van der Waals surface area contributed by atoms with Gasteiger partial charge in [0.05, 0.1) is 0 Å². The molecule has 0 unspecified atom stereocenters. The first-order valence-corrected chi connectivity index (χ1v) is 8.62. The number of halogens is 1. The van der Waals surface area contributed by atoms with Crippen LogP contribution in [0, 0.1) is 5.82 Å². The Hall–Kier alpha value is -2.79. The van der Waals surface area contributed by atoms with E-state index >= 15 is 0 Å². The third-order valence-corrected chi connectivity index (χ3v) is 4.76. The number of hydrogen-bond donors (Lipinski definition) is 0. The van der Waals surface area contributed by atoms with Gasteiger partial charge in [0.25, 0.3) is 0 Å². The highest BCUT2D eigenvalue weighted by Crippen LogP contribution is 2.30. The molecule has 5 heteroatoms. The fraction of sp³-hybridized carbons (Fsp3) is 0.100. The Morgan fingerprint density at radius 3 is 2.80 bits per heavy atom. The SMILES string of the molecule is CN(Cc1cccnc1)C(=O)C=Cc1ccc(-c2ccccc2F)s1. The first-order valence-electron chi connectivity index (χ1n) is 7.80. The summed E-state index contributed by atoms with van der Waals surface area (Å²) in [4.78, 5) is 19.6. The molecule has 3 aromatic rings. The molecule has 126 valence electrons. The average molecular weight is 352 g/mol. The maximum absolute atomic E-state index is 13.8. The Kier molecular flexibility index (Phi) is 5.36. The van der Waals surface area contributed by atoms with Crippen LogP contribution in [0.1, 0.15) is 10.4 Å². The summed E-state index contributed by atoms with van der Waals surface area (Å²) in [5.74, 6) is -0.336. The number of amides is 1. The number of nitrogens with zero attached hydrogens (tertiary/aromatic N) is 2. The largest absolute Gasteiger partial charge is 0.338 e. The molecule has 0 fully saturated rings. The van der Waals surface area contributed by atoms with Gasteiger partial charge >= 0.3 is 0 Å². The van der Waals surface area contributed by atoms with Crippen molar-refractivity contribution in [3.63, 3.8) is 0 Å². The van der Waals surface area contributed by atoms with Gasteiger partial charge in [0, 0.05) is 47.4 Å². The number of pyridine rings is 1. The summed E-state index contributed by atoms with van der Waals surface area (Å²) in [5, 5.41) is 0. The summed E-state index contributed by atoms with van der Waals surface area (Å²) in [5.41, 5.74) is 1.55. The molecular weight excluding hydrogens is 335 g/mol. The van der Waals surface area contributed by atoms with Gasteiger partial charge in [-0.3, -0.25) is 9.78 Å². The first-order chi connectivity index (χ1) is 12.1. The van der Waals surface area contributed by atoms with Crippen LogP contribution in [-0.4, -0.2) is 22.8 Å². The molecule has 0 aliphatic rings. The van der Waals surface area contributed by atoms with Crippen molar-refractivity contribution in [1.29, 1.82) is 0 Å². The van der Waals surface area contributed by atoms with E-state index in [4.69, 9.17) is 0 Å². The number of hydrogen-bond acceptors (Lipinski definition) is 3. The third-order valence-electron chi connectivity index (χ3n) is 3.68. The molecule has 0 N–H and O–H groups in total. The van der Waals surface area contributed by atoms with Gasteiger partial charge in [-0.2, -0.15) is 0 Å². The number of rotatable bonds is 5. The fourth-order valence-corrected chi connectivity index (χ4v) is 3.31. The van der Waals surface area contributed by atoms with Crippen LogP contribution in [0.3, 0.4) is 0 Å². The molecule has 0 atom stereocenters. The minimum absolute atomic E-state index is 0.0929. The first kappa shape index (κ1) is 17.0. The lowest BCUT2D eigenvalue weighted by Gasteiger charge is -2.14. The molecule has 0 radical (unpaired) electrons. The molecule has 0 saturated heterocycles. The minimum Gasteiger partial charge on any atom is -0.338 e. The summed E-state index contributed by atoms with van der Waals surface area (Å²) in [6.07, 6.45) is 6.74. The quantitative estimate of drug-likeness (QED) is 0.628. The van der Waals surface area contributed by atoms with E-state index in [-0.39, 0.29) is 11.7 Å². The van der Waals surface area contributed by atoms with Gasteiger partial charge in [0.15, 0.2) is 0 Å². The van der Waals surface area contributed by atoms with Crippen molar-refractivity contribution in [2.45, 2.75) is 6.54 Å². The standard InChI is InChI=1S/C20H17FN2OS/c1-23(14-15-5-4-12-22-13-15)20(24)11-9-16-8-10-19(25-16)17-6-2-3-7-18(17)21/h2-13H,14H2,1H3. The van der Waals surface area contributed by atoms with Crippen LogP contribution in [0.15, 0.2) is 67.0 Å². The van der Waals surface area contributed by atoms with Gasteiger partial charge in [0.1, 0.15) is 5.82 Å². The Bertz CT molecular complexity index is 889. The molecule has 1 amide bonds. The van der Waals surface area contributed by atoms with Gasteiger partial charge in [-0.05, 0) is 35.9 Å². The molecule has 1 aromatic carbocycles. The van der Waals surface area contributed by atoms with Crippen molar-refractivity contribution < 1.29 is 9.18 Å². The Morgan fingerprint density at radius 2 is 2.04 bits per heavy atom. The Balaban J connectivity index is 1.66. The molecule has 3 rings (SSSR count). The molecule has 25 heavy (non-hydrogen) atoms. The van der Waals surface area contributed by atoms with Crippen LogP contribution in [-0.2, 0) is 11.3 Å². The minimum atomic E-state index is -0.243. The van der Waals surface area contributed by atoms with Crippen LogP contribution in [0.4, 0.5) is 4.39 Å². The zero-order valence-corrected chi connectivity index (χ0v) is 14.5. The van der Waals surface area contributed by atoms with Crippen molar-refractivity contribution >= 4 is 23.3 Å². The Labute approximate surface area is 150 Å². The number of benzene rings is 1. The highest BCUT2D eigenvalue weighted by Gasteiger charge is 2.08. The summed E-state index contributed by atoms with van der Waals surface area (Å²) in [6, 6.07) is 14.2. The number of carbonyl (C=O) groups is 1. The van der Waals surface area contributed by atoms with Gasteiger partial charge in [-0.15, -0.1) is 11.3 Å². The molecule has 2 aromatic heterocycles. The molecule has 0 saturated carbocycles. The summed E-state index contributed by atoms with van der Waals surface area (Å²) in [7, 11) is 1.75. The van der Waals surface area contributed by atoms with Crippen LogP contribution < -0.4 is 0 Å². The zero-order valence-electron chi connectivity index (χ0n) is 13.7. The second-order valence-electron chi connectivity index (χ2n) is 5.57. The topological polar surface area (TPSA) is 33.2 Å². The highest BCUT2D eigenvalue weighted by molar-refractivity contribution is 7.16. The smallest absolute Gasteiger partial charge is 0.246 e. The molecule has 0 bridgehead atoms. The monoisotopic (exact) mass is 352 g/mol. The number of aromatic nitrogens is 1. The molecule has 0 aliphatic heterocycles. The van der Waals surface area contributed by atoms with Crippen LogP contribution in [0.5, 0.6) is 0 Å². The summed E-state index contributed by atoms with van der Waals surface area (Å²) >= 11 is 1.45. The number of thiophene rings is 1. The molecule has 0 spiro atoms. The summed E-state index contributed by atoms with van der Waals surface area (Å²) in [6.45, 7) is 0.502. The van der Waals surface area contributed by atoms with Gasteiger partial charge in [0.2, 0.25) is 5.91 Å². The van der Waals surface area contributed by atoms with Crippen LogP contribution >= 0.6 is 11.3 Å². The fourth-order valence-electron chi connectivity index (χ4n) is 2.37. The lowest BCUT2D eigenvalue weighted by molar-refractivity contribution is -0.125. The molecule has 2 heterocycles. The predicted molar refractivity (Wildman–Crippen MR) is 99.5 cm³/mol. The second kappa shape index (κ2) is 7.85. The van der Waals surface area contributed by atoms with Gasteiger partial charge in [-0.25, -0.2) is 4.39 Å². The molecular formula is C20H17FN2OS. The van der Waals surface area contributed by atoms with E-state index in [0.29, 0.717) is 12.1 Å². The van der Waals surface area contributed by atoms with Crippen molar-refractivity contribution in [3.05, 3.63) is 83.3 Å². The second-order valence-corrected chi connectivity index (χ2v) is 6.69. The third kappa shape index (κ3) is 4.39. The maximum atomic E-state index is 13.8. The number of likely N-dealkylation sites (N-methyl/N-ethyl adjacent to an activating group) is 1. The van der Waals surface area contributed by atoms with E-state index < -0.39 is 0 Å². The molecule has 3 nitrogen and oxygen atoms in total. The van der Waals surface area contributed by atoms with E-state index in [9.17, 15) is 9.18 Å². The lowest BCUT2D eigenvalue weighted by atomic mass is 10.2. The van der Waals surface area contributed by atoms with Crippen LogP contribution in [0.25, 0.3) is 16.5 Å². The maximum Gasteiger partial charge on any atom is 0.246 e. The van der Waals surface area contributed by atoms with Crippen LogP contribution in [0.2, 0.25) is 0 Å². The van der Waals surface area contributed by atoms with E-state index in [1.54, 1.807) is 42.6 Å². The van der Waals surface area contributed by atoms with Crippen molar-refractivity contribution in [1.82, 2.24) is 9.88 Å². The van der Waals surface area contributed by atoms with Gasteiger partial charge in [-0.1, -0.05) is 24.3 Å². The van der Waals surface area contributed by atoms with E-state index in [2.05, 4.69) is 4.98 Å². The van der Waals surface area contributed by atoms with E-state index in [1.165, 1.54) is 23.5 Å². The summed E-state index contributed by atoms with van der Waals surface area (Å²) < 4.78 is 13.8. The zero-order chi connectivity index (χ0) is 17.6. The van der Waals surface area contributed by atoms with Crippen molar-refractivity contribution in [3.8, 4) is 10.4 Å².